The van der Waals surface area contributed by atoms with Crippen LogP contribution in [0, 0.1) is 0 Å². The first kappa shape index (κ1) is 71.6. The second-order valence-corrected chi connectivity index (χ2v) is 20.6. The van der Waals surface area contributed by atoms with Gasteiger partial charge in [0, 0.05) is 106 Å². The fourth-order valence-corrected chi connectivity index (χ4v) is 8.58. The van der Waals surface area contributed by atoms with Crippen molar-refractivity contribution in [2.75, 3.05) is 44.6 Å². The molecular formula is C56H78N18O14S. The molecular weight excluding hydrogens is 1180 g/mol. The molecule has 0 aliphatic rings. The van der Waals surface area contributed by atoms with E-state index in [2.05, 4.69) is 73.2 Å². The number of benzene rings is 2. The Morgan fingerprint density at radius 2 is 1.07 bits per heavy atom. The predicted molar refractivity (Wildman–Crippen MR) is 323 cm³/mol. The Hall–Kier alpha value is -9.89. The van der Waals surface area contributed by atoms with Crippen molar-refractivity contribution in [2.45, 2.75) is 120 Å². The molecule has 33 heteroatoms. The third-order valence-electron chi connectivity index (χ3n) is 13.4. The molecule has 0 aliphatic heterocycles. The van der Waals surface area contributed by atoms with Crippen molar-refractivity contribution in [3.05, 3.63) is 96.1 Å². The zero-order valence-electron chi connectivity index (χ0n) is 48.9. The smallest absolute Gasteiger partial charge is 0.303 e. The van der Waals surface area contributed by atoms with Gasteiger partial charge in [-0.2, -0.15) is 0 Å². The van der Waals surface area contributed by atoms with Gasteiger partial charge in [-0.05, 0) is 106 Å². The molecule has 4 rings (SSSR count). The molecule has 20 N–H and O–H groups in total. The molecule has 2 aromatic heterocycles. The number of imide groups is 1. The number of hydrogen-bond acceptors (Lipinski definition) is 18. The normalized spacial score (nSPS) is 12.1. The third-order valence-corrected chi connectivity index (χ3v) is 13.6. The Bertz CT molecular complexity index is 2920. The fraction of sp³-hybridized carbons (Fsp3) is 0.446. The van der Waals surface area contributed by atoms with Gasteiger partial charge < -0.3 is 84.9 Å². The summed E-state index contributed by atoms with van der Waals surface area (Å²) in [4.78, 5) is 172. The second-order valence-electron chi connectivity index (χ2n) is 20.2. The number of nitrogens with two attached hydrogens (primary N) is 3. The molecule has 0 radical (unpaired) electrons. The van der Waals surface area contributed by atoms with E-state index in [4.69, 9.17) is 29.5 Å². The molecule has 2 aromatic carbocycles. The summed E-state index contributed by atoms with van der Waals surface area (Å²) in [5.41, 5.74) is 16.4. The number of aromatic nitrogens is 4. The summed E-state index contributed by atoms with van der Waals surface area (Å²) in [6, 6.07) is 5.98. The number of phenolic OH excluding ortho intramolecular Hbond substituents is 1. The minimum Gasteiger partial charge on any atom is -0.508 e. The van der Waals surface area contributed by atoms with Crippen molar-refractivity contribution in [1.82, 2.24) is 72.8 Å². The Balaban J connectivity index is 1.42. The van der Waals surface area contributed by atoms with E-state index in [9.17, 15) is 67.7 Å². The first-order valence-electron chi connectivity index (χ1n) is 28.6. The van der Waals surface area contributed by atoms with Gasteiger partial charge in [0.1, 0.15) is 29.9 Å². The SMILES string of the molecule is NCCCCC(NC(=O)C(Cc1ccc(O)cc1)NC(=O)c1ccc(NC(=S)NN)cc1)C(=O)NC(CCC(=O)O)C(=O)NC(CCCCN(C(=O)CNC(=O)CCC(=O)NCCc1cnc[nH]1)C(=O)CNC(=O)CCC(=O)NCCc1cnc[nH]1)C(N)=O. The average molecular weight is 1260 g/mol. The molecule has 4 unspecified atom stereocenters. The van der Waals surface area contributed by atoms with Crippen molar-refractivity contribution < 1.29 is 67.7 Å². The van der Waals surface area contributed by atoms with Crippen LogP contribution in [-0.4, -0.2) is 175 Å². The van der Waals surface area contributed by atoms with Crippen LogP contribution in [0.15, 0.2) is 73.6 Å². The Morgan fingerprint density at radius 3 is 1.55 bits per heavy atom. The first-order valence-corrected chi connectivity index (χ1v) is 29.0. The average Bonchev–Trinajstić information content (AvgIpc) is 4.11. The van der Waals surface area contributed by atoms with Crippen LogP contribution < -0.4 is 70.6 Å². The lowest BCUT2D eigenvalue weighted by Crippen LogP contribution is -2.58. The number of aromatic hydroxyl groups is 1. The molecule has 11 amide bonds. The van der Waals surface area contributed by atoms with Gasteiger partial charge in [0.05, 0.1) is 25.7 Å². The molecule has 0 aliphatic carbocycles. The minimum absolute atomic E-state index is 0.0124. The van der Waals surface area contributed by atoms with E-state index in [0.29, 0.717) is 30.5 Å². The van der Waals surface area contributed by atoms with Crippen LogP contribution in [0.2, 0.25) is 0 Å². The maximum Gasteiger partial charge on any atom is 0.303 e. The lowest BCUT2D eigenvalue weighted by Gasteiger charge is -2.26. The Kier molecular flexibility index (Phi) is 31.4. The number of thiocarbonyl (C=S) groups is 1. The summed E-state index contributed by atoms with van der Waals surface area (Å²) in [6.45, 7) is -0.994. The number of hydrogen-bond donors (Lipinski definition) is 17. The van der Waals surface area contributed by atoms with Crippen LogP contribution in [-0.2, 0) is 72.0 Å². The number of H-pyrrole nitrogens is 2. The number of aromatic amines is 2. The number of amides is 11. The van der Waals surface area contributed by atoms with Crippen LogP contribution in [0.5, 0.6) is 5.75 Å². The number of rotatable bonds is 40. The van der Waals surface area contributed by atoms with Crippen LogP contribution >= 0.6 is 12.2 Å². The van der Waals surface area contributed by atoms with E-state index in [-0.39, 0.29) is 107 Å². The van der Waals surface area contributed by atoms with Crippen LogP contribution in [0.3, 0.4) is 0 Å². The van der Waals surface area contributed by atoms with Crippen molar-refractivity contribution in [3.8, 4) is 5.75 Å². The Labute approximate surface area is 516 Å². The quantitative estimate of drug-likeness (QED) is 0.00933. The third kappa shape index (κ3) is 28.0. The van der Waals surface area contributed by atoms with E-state index < -0.39 is 121 Å². The summed E-state index contributed by atoms with van der Waals surface area (Å²) < 4.78 is 0. The van der Waals surface area contributed by atoms with Gasteiger partial charge in [-0.25, -0.2) is 15.8 Å². The first-order chi connectivity index (χ1) is 42.6. The van der Waals surface area contributed by atoms with Gasteiger partial charge in [-0.15, -0.1) is 0 Å². The fourth-order valence-electron chi connectivity index (χ4n) is 8.46. The minimum atomic E-state index is -1.63. The Morgan fingerprint density at radius 1 is 0.584 bits per heavy atom. The molecule has 2 heterocycles. The molecule has 4 aromatic rings. The number of primary amides is 1. The van der Waals surface area contributed by atoms with Crippen molar-refractivity contribution in [2.24, 2.45) is 17.3 Å². The van der Waals surface area contributed by atoms with Gasteiger partial charge >= 0.3 is 5.97 Å². The lowest BCUT2D eigenvalue weighted by atomic mass is 10.0. The van der Waals surface area contributed by atoms with Crippen molar-refractivity contribution in [3.63, 3.8) is 0 Å². The van der Waals surface area contributed by atoms with Crippen LogP contribution in [0.1, 0.15) is 104 Å². The highest BCUT2D eigenvalue weighted by Crippen LogP contribution is 2.15. The number of phenols is 1. The molecule has 482 valence electrons. The van der Waals surface area contributed by atoms with Crippen molar-refractivity contribution in [1.29, 1.82) is 0 Å². The van der Waals surface area contributed by atoms with Gasteiger partial charge in [0.15, 0.2) is 5.11 Å². The number of unbranched alkanes of at least 4 members (excludes halogenated alkanes) is 2. The summed E-state index contributed by atoms with van der Waals surface area (Å²) in [7, 11) is 0. The summed E-state index contributed by atoms with van der Waals surface area (Å²) in [5, 5.41) is 42.8. The zero-order valence-corrected chi connectivity index (χ0v) is 49.7. The van der Waals surface area contributed by atoms with Gasteiger partial charge in [0.25, 0.3) is 5.91 Å². The number of anilines is 1. The number of nitrogens with zero attached hydrogens (tertiary/aromatic N) is 3. The molecule has 32 nitrogen and oxygen atoms in total. The highest BCUT2D eigenvalue weighted by atomic mass is 32.1. The standard InChI is InChI=1S/C56H78N18O14S/c57-23-3-1-6-41(70-55(88)43(27-34-7-13-39(75)14-8-34)72-52(85)35-9-11-36(12-10-35)68-56(89)73-59)53(86)71-42(15-20-50(82)83)54(87)69-40(51(58)84)5-2-4-26-74(48(80)30-64-46(78)18-16-44(76)62-24-21-37-28-60-32-66-37)49(81)31-65-47(79)19-17-45(77)63-25-22-38-29-61-33-67-38/h7-14,28-29,32-33,40-43,75H,1-6,15-27,30-31,57,59H2,(H2,58,84)(H,60,66)(H,61,67)(H,62,76)(H,63,77)(H,64,78)(H,65,79)(H,69,87)(H,70,88)(H,71,86)(H,72,85)(H,82,83)(H2,68,73,89). The topological polar surface area (TPSA) is 504 Å². The van der Waals surface area contributed by atoms with Crippen LogP contribution in [0.25, 0.3) is 0 Å². The lowest BCUT2D eigenvalue weighted by molar-refractivity contribution is -0.145. The molecule has 0 fully saturated rings. The monoisotopic (exact) mass is 1260 g/mol. The van der Waals surface area contributed by atoms with Gasteiger partial charge in [-0.3, -0.25) is 62.4 Å². The summed E-state index contributed by atoms with van der Waals surface area (Å²) in [5.74, 6) is -4.68. The number of aliphatic carboxylic acids is 1. The highest BCUT2D eigenvalue weighted by molar-refractivity contribution is 7.80. The van der Waals surface area contributed by atoms with Crippen LogP contribution in [0.4, 0.5) is 5.69 Å². The number of nitrogens with one attached hydrogen (secondary N) is 12. The number of imidazole rings is 2. The predicted octanol–water partition coefficient (Wildman–Crippen LogP) is -2.69. The van der Waals surface area contributed by atoms with E-state index >= 15 is 0 Å². The zero-order chi connectivity index (χ0) is 65.1. The molecule has 0 saturated carbocycles. The van der Waals surface area contributed by atoms with E-state index in [1.165, 1.54) is 61.2 Å². The van der Waals surface area contributed by atoms with Gasteiger partial charge in [0.2, 0.25) is 59.1 Å². The number of hydrazine groups is 1. The van der Waals surface area contributed by atoms with Gasteiger partial charge in [-0.1, -0.05) is 12.1 Å². The molecule has 4 atom stereocenters. The number of carbonyl (C=O) groups excluding carboxylic acids is 11. The molecule has 0 saturated heterocycles. The number of carboxylic acid groups (broad SMARTS) is 1. The van der Waals surface area contributed by atoms with E-state index in [0.717, 1.165) is 16.3 Å². The van der Waals surface area contributed by atoms with Crippen molar-refractivity contribution >= 4 is 94.0 Å². The van der Waals surface area contributed by atoms with E-state index in [1.54, 1.807) is 12.4 Å². The summed E-state index contributed by atoms with van der Waals surface area (Å²) in [6.07, 6.45) is 5.17. The maximum atomic E-state index is 14.2. The largest absolute Gasteiger partial charge is 0.508 e. The number of carboxylic acids is 1. The second kappa shape index (κ2) is 39.0. The molecule has 0 spiro atoms. The molecule has 0 bridgehead atoms. The van der Waals surface area contributed by atoms with E-state index in [1.807, 2.05) is 0 Å². The highest BCUT2D eigenvalue weighted by Gasteiger charge is 2.32. The maximum absolute atomic E-state index is 14.2. The number of carbonyl (C=O) groups is 12. The summed E-state index contributed by atoms with van der Waals surface area (Å²) >= 11 is 5.02. The molecule has 89 heavy (non-hydrogen) atoms.